The fraction of sp³-hybridized carbons (Fsp3) is 0.667. The van der Waals surface area contributed by atoms with Crippen LogP contribution < -0.4 is 17.3 Å². The summed E-state index contributed by atoms with van der Waals surface area (Å²) >= 11 is 0. The van der Waals surface area contributed by atoms with Gasteiger partial charge in [-0.25, -0.2) is 4.68 Å². The van der Waals surface area contributed by atoms with Gasteiger partial charge in [0.15, 0.2) is 5.82 Å². The van der Waals surface area contributed by atoms with Crippen LogP contribution in [0.5, 0.6) is 0 Å². The summed E-state index contributed by atoms with van der Waals surface area (Å²) < 4.78 is 6.29. The van der Waals surface area contributed by atoms with Crippen molar-refractivity contribution in [2.24, 2.45) is 5.73 Å². The van der Waals surface area contributed by atoms with Crippen molar-refractivity contribution >= 4 is 5.95 Å². The highest BCUT2D eigenvalue weighted by Crippen LogP contribution is 2.02. The Morgan fingerprint density at radius 2 is 2.23 bits per heavy atom. The first-order valence-electron chi connectivity index (χ1n) is 3.86. The van der Waals surface area contributed by atoms with E-state index in [1.54, 1.807) is 7.11 Å². The van der Waals surface area contributed by atoms with E-state index in [-0.39, 0.29) is 12.1 Å². The summed E-state index contributed by atoms with van der Waals surface area (Å²) in [7, 11) is 1.58. The zero-order chi connectivity index (χ0) is 9.84. The number of anilines is 1. The minimum atomic E-state index is -0.106. The Bertz CT molecular complexity index is 268. The number of ether oxygens (including phenoxy) is 1. The molecule has 13 heavy (non-hydrogen) atoms. The molecule has 7 heteroatoms. The lowest BCUT2D eigenvalue weighted by Gasteiger charge is -2.11. The maximum atomic E-state index is 5.53. The van der Waals surface area contributed by atoms with Crippen molar-refractivity contribution in [3.63, 3.8) is 0 Å². The Labute approximate surface area is 75.8 Å². The molecule has 1 rings (SSSR count). The predicted octanol–water partition coefficient (Wildman–Crippen LogP) is -1.91. The van der Waals surface area contributed by atoms with Crippen molar-refractivity contribution in [3.8, 4) is 0 Å². The highest BCUT2D eigenvalue weighted by atomic mass is 16.5. The molecule has 0 amide bonds. The van der Waals surface area contributed by atoms with Gasteiger partial charge in [-0.1, -0.05) is 0 Å². The SMILES string of the molecule is COC(CN)Cc1nnc(N)n1N. The molecule has 0 aromatic carbocycles. The summed E-state index contributed by atoms with van der Waals surface area (Å²) in [5, 5.41) is 7.39. The third kappa shape index (κ3) is 2.07. The van der Waals surface area contributed by atoms with Crippen molar-refractivity contribution in [1.82, 2.24) is 14.9 Å². The van der Waals surface area contributed by atoms with Crippen molar-refractivity contribution < 1.29 is 4.74 Å². The van der Waals surface area contributed by atoms with Gasteiger partial charge in [-0.2, -0.15) is 0 Å². The predicted molar refractivity (Wildman–Crippen MR) is 48.1 cm³/mol. The average Bonchev–Trinajstić information content (AvgIpc) is 2.45. The van der Waals surface area contributed by atoms with Gasteiger partial charge in [0.05, 0.1) is 6.10 Å². The van der Waals surface area contributed by atoms with E-state index in [0.29, 0.717) is 18.8 Å². The zero-order valence-corrected chi connectivity index (χ0v) is 7.47. The Hall–Kier alpha value is -1.34. The second-order valence-corrected chi connectivity index (χ2v) is 2.64. The van der Waals surface area contributed by atoms with Crippen LogP contribution in [0.25, 0.3) is 0 Å². The molecule has 0 aliphatic heterocycles. The van der Waals surface area contributed by atoms with Gasteiger partial charge in [0.2, 0.25) is 5.95 Å². The molecule has 6 N–H and O–H groups in total. The van der Waals surface area contributed by atoms with Gasteiger partial charge in [-0.05, 0) is 0 Å². The standard InChI is InChI=1S/C6H14N6O/c1-13-4(3-7)2-5-10-11-6(8)12(5)9/h4H,2-3,7,9H2,1H3,(H2,8,11). The van der Waals surface area contributed by atoms with Gasteiger partial charge in [0, 0.05) is 20.1 Å². The number of nitrogens with zero attached hydrogens (tertiary/aromatic N) is 3. The van der Waals surface area contributed by atoms with E-state index in [4.69, 9.17) is 22.0 Å². The molecule has 0 fully saturated rings. The van der Waals surface area contributed by atoms with Crippen LogP contribution in [0.1, 0.15) is 5.82 Å². The number of hydrogen-bond acceptors (Lipinski definition) is 6. The first kappa shape index (κ1) is 9.75. The molecule has 0 spiro atoms. The third-order valence-electron chi connectivity index (χ3n) is 1.80. The summed E-state index contributed by atoms with van der Waals surface area (Å²) in [6, 6.07) is 0. The average molecular weight is 186 g/mol. The second-order valence-electron chi connectivity index (χ2n) is 2.64. The molecule has 1 aromatic rings. The third-order valence-corrected chi connectivity index (χ3v) is 1.80. The molecule has 74 valence electrons. The van der Waals surface area contributed by atoms with Crippen LogP contribution in [-0.4, -0.2) is 34.6 Å². The maximum absolute atomic E-state index is 5.53. The molecule has 7 nitrogen and oxygen atoms in total. The monoisotopic (exact) mass is 186 g/mol. The topological polar surface area (TPSA) is 118 Å². The number of aromatic nitrogens is 3. The molecule has 1 unspecified atom stereocenters. The van der Waals surface area contributed by atoms with E-state index in [9.17, 15) is 0 Å². The lowest BCUT2D eigenvalue weighted by Crippen LogP contribution is -2.27. The maximum Gasteiger partial charge on any atom is 0.240 e. The molecule has 0 aliphatic rings. The van der Waals surface area contributed by atoms with Crippen LogP contribution in [0.4, 0.5) is 5.95 Å². The fourth-order valence-electron chi connectivity index (χ4n) is 0.943. The van der Waals surface area contributed by atoms with Crippen LogP contribution in [0.2, 0.25) is 0 Å². The van der Waals surface area contributed by atoms with Gasteiger partial charge in [0.25, 0.3) is 0 Å². The van der Waals surface area contributed by atoms with E-state index < -0.39 is 0 Å². The van der Waals surface area contributed by atoms with Crippen molar-refractivity contribution in [3.05, 3.63) is 5.82 Å². The van der Waals surface area contributed by atoms with E-state index in [0.717, 1.165) is 0 Å². The largest absolute Gasteiger partial charge is 0.380 e. The summed E-state index contributed by atoms with van der Waals surface area (Å²) in [4.78, 5) is 0. The normalized spacial score (nSPS) is 13.1. The van der Waals surface area contributed by atoms with Gasteiger partial charge in [0.1, 0.15) is 0 Å². The van der Waals surface area contributed by atoms with Crippen molar-refractivity contribution in [2.75, 3.05) is 25.2 Å². The number of hydrogen-bond donors (Lipinski definition) is 3. The number of nitrogen functional groups attached to an aromatic ring is 2. The van der Waals surface area contributed by atoms with E-state index in [1.165, 1.54) is 4.68 Å². The van der Waals surface area contributed by atoms with Gasteiger partial charge in [-0.3, -0.25) is 0 Å². The Kier molecular flexibility index (Phi) is 3.04. The lowest BCUT2D eigenvalue weighted by atomic mass is 10.2. The molecule has 1 aromatic heterocycles. The second kappa shape index (κ2) is 4.06. The molecule has 0 radical (unpaired) electrons. The van der Waals surface area contributed by atoms with Crippen molar-refractivity contribution in [1.29, 1.82) is 0 Å². The van der Waals surface area contributed by atoms with Crippen LogP contribution in [0, 0.1) is 0 Å². The van der Waals surface area contributed by atoms with Crippen molar-refractivity contribution in [2.45, 2.75) is 12.5 Å². The minimum absolute atomic E-state index is 0.106. The quantitative estimate of drug-likeness (QED) is 0.472. The lowest BCUT2D eigenvalue weighted by molar-refractivity contribution is 0.108. The van der Waals surface area contributed by atoms with E-state index >= 15 is 0 Å². The van der Waals surface area contributed by atoms with E-state index in [2.05, 4.69) is 10.2 Å². The molecular weight excluding hydrogens is 172 g/mol. The highest BCUT2D eigenvalue weighted by Gasteiger charge is 2.12. The molecule has 1 heterocycles. The molecule has 1 atom stereocenters. The van der Waals surface area contributed by atoms with Gasteiger partial charge < -0.3 is 22.0 Å². The highest BCUT2D eigenvalue weighted by molar-refractivity contribution is 5.17. The fourth-order valence-corrected chi connectivity index (χ4v) is 0.943. The first-order valence-corrected chi connectivity index (χ1v) is 3.86. The minimum Gasteiger partial charge on any atom is -0.380 e. The first-order chi connectivity index (χ1) is 6.19. The summed E-state index contributed by atoms with van der Waals surface area (Å²) in [5.74, 6) is 6.28. The van der Waals surface area contributed by atoms with Crippen LogP contribution in [0.15, 0.2) is 0 Å². The van der Waals surface area contributed by atoms with Crippen LogP contribution >= 0.6 is 0 Å². The Morgan fingerprint density at radius 3 is 2.62 bits per heavy atom. The molecular formula is C6H14N6O. The molecule has 0 saturated carbocycles. The smallest absolute Gasteiger partial charge is 0.240 e. The van der Waals surface area contributed by atoms with Crippen LogP contribution in [-0.2, 0) is 11.2 Å². The zero-order valence-electron chi connectivity index (χ0n) is 7.47. The van der Waals surface area contributed by atoms with E-state index in [1.807, 2.05) is 0 Å². The number of rotatable bonds is 4. The van der Waals surface area contributed by atoms with Crippen LogP contribution in [0.3, 0.4) is 0 Å². The Balaban J connectivity index is 2.67. The van der Waals surface area contributed by atoms with Gasteiger partial charge in [-0.15, -0.1) is 10.2 Å². The number of nitrogens with two attached hydrogens (primary N) is 3. The molecule has 0 bridgehead atoms. The molecule has 0 saturated heterocycles. The molecule has 0 aliphatic carbocycles. The van der Waals surface area contributed by atoms with Gasteiger partial charge >= 0.3 is 0 Å². The number of methoxy groups -OCH3 is 1. The summed E-state index contributed by atoms with van der Waals surface area (Å²) in [5.41, 5.74) is 10.8. The summed E-state index contributed by atoms with van der Waals surface area (Å²) in [6.45, 7) is 0.406. The Morgan fingerprint density at radius 1 is 1.54 bits per heavy atom. The summed E-state index contributed by atoms with van der Waals surface area (Å²) in [6.07, 6.45) is 0.402.